The van der Waals surface area contributed by atoms with Crippen molar-refractivity contribution in [2.24, 2.45) is 0 Å². The monoisotopic (exact) mass is 301 g/mol. The van der Waals surface area contributed by atoms with E-state index < -0.39 is 11.6 Å². The Hall–Kier alpha value is -0.970. The molecule has 102 valence electrons. The lowest BCUT2D eigenvalue weighted by molar-refractivity contribution is 0.548. The molecule has 0 saturated heterocycles. The van der Waals surface area contributed by atoms with Gasteiger partial charge in [0.1, 0.15) is 11.6 Å². The molecule has 1 unspecified atom stereocenters. The molecule has 0 aliphatic heterocycles. The van der Waals surface area contributed by atoms with Gasteiger partial charge in [-0.3, -0.25) is 0 Å². The molecule has 0 radical (unpaired) electrons. The molecule has 0 fully saturated rings. The molecule has 0 aliphatic carbocycles. The van der Waals surface area contributed by atoms with Gasteiger partial charge in [-0.05, 0) is 37.7 Å². The molecular weight excluding hydrogens is 288 g/mol. The zero-order valence-electron chi connectivity index (χ0n) is 10.6. The molecule has 0 saturated carbocycles. The predicted octanol–water partition coefficient (Wildman–Crippen LogP) is 4.69. The van der Waals surface area contributed by atoms with Crippen molar-refractivity contribution >= 4 is 22.9 Å². The topological polar surface area (TPSA) is 12.0 Å². The first-order valence-corrected chi connectivity index (χ1v) is 7.16. The SMILES string of the molecule is CCNC(c1ccc(C)s1)c1cc(F)c(Cl)cc1F. The van der Waals surface area contributed by atoms with Crippen LogP contribution in [0, 0.1) is 18.6 Å². The lowest BCUT2D eigenvalue weighted by atomic mass is 10.0. The Labute approximate surface area is 120 Å². The summed E-state index contributed by atoms with van der Waals surface area (Å²) in [6, 6.07) is 5.74. The third-order valence-corrected chi connectivity index (χ3v) is 4.16. The first kappa shape index (κ1) is 14.4. The van der Waals surface area contributed by atoms with Crippen LogP contribution in [0.15, 0.2) is 24.3 Å². The molecule has 1 aromatic carbocycles. The van der Waals surface area contributed by atoms with Gasteiger partial charge in [0.05, 0.1) is 11.1 Å². The maximum Gasteiger partial charge on any atom is 0.142 e. The van der Waals surface area contributed by atoms with Crippen LogP contribution in [-0.2, 0) is 0 Å². The molecule has 19 heavy (non-hydrogen) atoms. The normalized spacial score (nSPS) is 12.7. The van der Waals surface area contributed by atoms with Gasteiger partial charge in [-0.1, -0.05) is 18.5 Å². The molecule has 1 nitrogen and oxygen atoms in total. The van der Waals surface area contributed by atoms with Crippen LogP contribution < -0.4 is 5.32 Å². The smallest absolute Gasteiger partial charge is 0.142 e. The third kappa shape index (κ3) is 3.14. The van der Waals surface area contributed by atoms with E-state index in [-0.39, 0.29) is 16.6 Å². The first-order chi connectivity index (χ1) is 9.02. The summed E-state index contributed by atoms with van der Waals surface area (Å²) in [7, 11) is 0. The lowest BCUT2D eigenvalue weighted by Gasteiger charge is -2.18. The number of nitrogens with one attached hydrogen (secondary N) is 1. The summed E-state index contributed by atoms with van der Waals surface area (Å²) >= 11 is 7.15. The van der Waals surface area contributed by atoms with E-state index in [2.05, 4.69) is 5.32 Å². The summed E-state index contributed by atoms with van der Waals surface area (Å²) in [5, 5.41) is 2.98. The van der Waals surface area contributed by atoms with Gasteiger partial charge in [-0.2, -0.15) is 0 Å². The maximum atomic E-state index is 14.0. The molecule has 0 amide bonds. The van der Waals surface area contributed by atoms with E-state index in [0.29, 0.717) is 6.54 Å². The van der Waals surface area contributed by atoms with Crippen molar-refractivity contribution in [3.63, 3.8) is 0 Å². The molecule has 0 aliphatic rings. The number of benzene rings is 1. The Bertz CT molecular complexity index is 583. The van der Waals surface area contributed by atoms with Crippen molar-refractivity contribution in [3.05, 3.63) is 56.2 Å². The molecule has 2 rings (SSSR count). The van der Waals surface area contributed by atoms with Crippen molar-refractivity contribution in [2.45, 2.75) is 19.9 Å². The summed E-state index contributed by atoms with van der Waals surface area (Å²) in [4.78, 5) is 2.09. The molecule has 1 aromatic heterocycles. The van der Waals surface area contributed by atoms with Crippen LogP contribution in [0.2, 0.25) is 5.02 Å². The number of hydrogen-bond donors (Lipinski definition) is 1. The zero-order valence-corrected chi connectivity index (χ0v) is 12.2. The minimum atomic E-state index is -0.603. The minimum Gasteiger partial charge on any atom is -0.306 e. The molecule has 5 heteroatoms. The number of halogens is 3. The van der Waals surface area contributed by atoms with Crippen LogP contribution in [0.5, 0.6) is 0 Å². The van der Waals surface area contributed by atoms with Gasteiger partial charge in [-0.15, -0.1) is 11.3 Å². The number of hydrogen-bond acceptors (Lipinski definition) is 2. The summed E-state index contributed by atoms with van der Waals surface area (Å²) in [6.45, 7) is 4.57. The van der Waals surface area contributed by atoms with Crippen LogP contribution in [0.4, 0.5) is 8.78 Å². The van der Waals surface area contributed by atoms with Crippen LogP contribution >= 0.6 is 22.9 Å². The van der Waals surface area contributed by atoms with Gasteiger partial charge in [0.2, 0.25) is 0 Å². The van der Waals surface area contributed by atoms with Crippen molar-refractivity contribution < 1.29 is 8.78 Å². The molecule has 1 N–H and O–H groups in total. The Kier molecular flexibility index (Phi) is 4.55. The van der Waals surface area contributed by atoms with E-state index in [1.165, 1.54) is 6.07 Å². The highest BCUT2D eigenvalue weighted by atomic mass is 35.5. The average molecular weight is 302 g/mol. The largest absolute Gasteiger partial charge is 0.306 e. The second-order valence-corrected chi connectivity index (χ2v) is 5.95. The quantitative estimate of drug-likeness (QED) is 0.808. The fourth-order valence-electron chi connectivity index (χ4n) is 1.94. The lowest BCUT2D eigenvalue weighted by Crippen LogP contribution is -2.22. The number of rotatable bonds is 4. The van der Waals surface area contributed by atoms with Gasteiger partial charge < -0.3 is 5.32 Å². The predicted molar refractivity (Wildman–Crippen MR) is 75.9 cm³/mol. The standard InChI is InChI=1S/C14H14ClF2NS/c1-3-18-14(13-5-4-8(2)19-13)9-6-12(17)10(15)7-11(9)16/h4-7,14,18H,3H2,1-2H3. The zero-order chi connectivity index (χ0) is 14.0. The summed E-state index contributed by atoms with van der Waals surface area (Å²) < 4.78 is 27.6. The molecular formula is C14H14ClF2NS. The van der Waals surface area contributed by atoms with Crippen molar-refractivity contribution in [1.29, 1.82) is 0 Å². The van der Waals surface area contributed by atoms with E-state index in [1.807, 2.05) is 26.0 Å². The van der Waals surface area contributed by atoms with E-state index in [1.54, 1.807) is 11.3 Å². The van der Waals surface area contributed by atoms with Gasteiger partial charge in [-0.25, -0.2) is 8.78 Å². The third-order valence-electron chi connectivity index (χ3n) is 2.80. The number of aryl methyl sites for hydroxylation is 1. The average Bonchev–Trinajstić information content (AvgIpc) is 2.78. The Morgan fingerprint density at radius 2 is 2.00 bits per heavy atom. The van der Waals surface area contributed by atoms with Gasteiger partial charge in [0.15, 0.2) is 0 Å². The Balaban J connectivity index is 2.47. The molecule has 0 spiro atoms. The minimum absolute atomic E-state index is 0.196. The second kappa shape index (κ2) is 5.99. The maximum absolute atomic E-state index is 14.0. The van der Waals surface area contributed by atoms with Crippen LogP contribution in [0.25, 0.3) is 0 Å². The van der Waals surface area contributed by atoms with Gasteiger partial charge in [0, 0.05) is 15.3 Å². The van der Waals surface area contributed by atoms with Crippen molar-refractivity contribution in [2.75, 3.05) is 6.54 Å². The highest BCUT2D eigenvalue weighted by Gasteiger charge is 2.20. The highest BCUT2D eigenvalue weighted by Crippen LogP contribution is 2.31. The summed E-state index contributed by atoms with van der Waals surface area (Å²) in [5.74, 6) is -1.10. The van der Waals surface area contributed by atoms with E-state index >= 15 is 0 Å². The second-order valence-electron chi connectivity index (χ2n) is 4.23. The Morgan fingerprint density at radius 1 is 1.26 bits per heavy atom. The first-order valence-electron chi connectivity index (χ1n) is 5.97. The van der Waals surface area contributed by atoms with E-state index in [4.69, 9.17) is 11.6 Å². The van der Waals surface area contributed by atoms with Crippen LogP contribution in [0.1, 0.15) is 28.3 Å². The van der Waals surface area contributed by atoms with Crippen molar-refractivity contribution in [1.82, 2.24) is 5.32 Å². The van der Waals surface area contributed by atoms with E-state index in [9.17, 15) is 8.78 Å². The molecule has 1 atom stereocenters. The highest BCUT2D eigenvalue weighted by molar-refractivity contribution is 7.12. The molecule has 2 aromatic rings. The van der Waals surface area contributed by atoms with Crippen LogP contribution in [-0.4, -0.2) is 6.54 Å². The fourth-order valence-corrected chi connectivity index (χ4v) is 3.06. The molecule has 1 heterocycles. The summed E-state index contributed by atoms with van der Waals surface area (Å²) in [6.07, 6.45) is 0. The van der Waals surface area contributed by atoms with Gasteiger partial charge in [0.25, 0.3) is 0 Å². The fraction of sp³-hybridized carbons (Fsp3) is 0.286. The molecule has 0 bridgehead atoms. The number of thiophene rings is 1. The Morgan fingerprint density at radius 3 is 2.58 bits per heavy atom. The van der Waals surface area contributed by atoms with Crippen molar-refractivity contribution in [3.8, 4) is 0 Å². The van der Waals surface area contributed by atoms with Crippen LogP contribution in [0.3, 0.4) is 0 Å². The summed E-state index contributed by atoms with van der Waals surface area (Å²) in [5.41, 5.74) is 0.283. The van der Waals surface area contributed by atoms with Gasteiger partial charge >= 0.3 is 0 Å². The van der Waals surface area contributed by atoms with E-state index in [0.717, 1.165) is 15.8 Å².